The molecular weight excluding hydrogens is 470 g/mol. The first kappa shape index (κ1) is 23.9. The van der Waals surface area contributed by atoms with Crippen LogP contribution in [0.1, 0.15) is 29.2 Å². The molecule has 3 aromatic carbocycles. The highest BCUT2D eigenvalue weighted by Crippen LogP contribution is 2.38. The van der Waals surface area contributed by atoms with Crippen molar-refractivity contribution in [1.29, 1.82) is 0 Å². The summed E-state index contributed by atoms with van der Waals surface area (Å²) in [5, 5.41) is 0.364. The molecule has 0 atom stereocenters. The molecule has 0 radical (unpaired) electrons. The zero-order chi connectivity index (χ0) is 24.2. The minimum absolute atomic E-state index is 0.308. The maximum atomic E-state index is 13.1. The first-order valence-electron chi connectivity index (χ1n) is 10.8. The second kappa shape index (κ2) is 10.4. The summed E-state index contributed by atoms with van der Waals surface area (Å²) in [7, 11) is 0. The van der Waals surface area contributed by atoms with Gasteiger partial charge >= 0.3 is 0 Å². The summed E-state index contributed by atoms with van der Waals surface area (Å²) in [6.07, 6.45) is 1.71. The molecule has 4 rings (SSSR count). The molecule has 1 aliphatic rings. The van der Waals surface area contributed by atoms with E-state index in [2.05, 4.69) is 0 Å². The van der Waals surface area contributed by atoms with Gasteiger partial charge < -0.3 is 9.47 Å². The number of rotatable bonds is 7. The highest BCUT2D eigenvalue weighted by atomic mass is 35.5. The number of hydrogen-bond donors (Lipinski definition) is 0. The molecule has 1 saturated heterocycles. The Morgan fingerprint density at radius 1 is 0.941 bits per heavy atom. The summed E-state index contributed by atoms with van der Waals surface area (Å²) in [6, 6.07) is 18.6. The number of imide groups is 1. The average molecular weight is 494 g/mol. The number of benzene rings is 3. The van der Waals surface area contributed by atoms with Gasteiger partial charge in [-0.25, -0.2) is 4.90 Å². The van der Waals surface area contributed by atoms with Crippen molar-refractivity contribution < 1.29 is 19.1 Å². The second-order valence-electron chi connectivity index (χ2n) is 7.86. The first-order chi connectivity index (χ1) is 16.4. The lowest BCUT2D eigenvalue weighted by molar-refractivity contribution is -0.113. The summed E-state index contributed by atoms with van der Waals surface area (Å²) in [4.78, 5) is 27.4. The molecule has 0 N–H and O–H groups in total. The van der Waals surface area contributed by atoms with E-state index in [1.54, 1.807) is 6.08 Å². The van der Waals surface area contributed by atoms with E-state index in [4.69, 9.17) is 21.1 Å². The Morgan fingerprint density at radius 3 is 2.44 bits per heavy atom. The van der Waals surface area contributed by atoms with Crippen molar-refractivity contribution in [2.45, 2.75) is 27.4 Å². The lowest BCUT2D eigenvalue weighted by atomic mass is 10.1. The van der Waals surface area contributed by atoms with Gasteiger partial charge in [0.05, 0.1) is 17.2 Å². The Labute approximate surface area is 208 Å². The van der Waals surface area contributed by atoms with E-state index in [0.717, 1.165) is 34.0 Å². The molecule has 0 bridgehead atoms. The van der Waals surface area contributed by atoms with Crippen molar-refractivity contribution in [1.82, 2.24) is 0 Å². The molecule has 2 amide bonds. The van der Waals surface area contributed by atoms with Gasteiger partial charge in [-0.15, -0.1) is 0 Å². The van der Waals surface area contributed by atoms with Crippen molar-refractivity contribution in [3.63, 3.8) is 0 Å². The molecule has 0 aromatic heterocycles. The van der Waals surface area contributed by atoms with Crippen LogP contribution in [0.25, 0.3) is 6.08 Å². The van der Waals surface area contributed by atoms with E-state index < -0.39 is 0 Å². The molecule has 0 unspecified atom stereocenters. The molecule has 0 saturated carbocycles. The van der Waals surface area contributed by atoms with Crippen molar-refractivity contribution in [3.8, 4) is 11.5 Å². The predicted octanol–water partition coefficient (Wildman–Crippen LogP) is 7.18. The van der Waals surface area contributed by atoms with Gasteiger partial charge in [0, 0.05) is 5.02 Å². The van der Waals surface area contributed by atoms with E-state index >= 15 is 0 Å². The lowest BCUT2D eigenvalue weighted by Crippen LogP contribution is -2.28. The molecule has 0 aliphatic carbocycles. The number of ether oxygens (including phenoxy) is 2. The smallest absolute Gasteiger partial charge is 0.298 e. The molecule has 0 spiro atoms. The largest absolute Gasteiger partial charge is 0.490 e. The lowest BCUT2D eigenvalue weighted by Gasteiger charge is -2.16. The Hall–Kier alpha value is -3.22. The number of amides is 2. The SMILES string of the molecule is CCOc1cc(/C=C2\SC(=O)N(c3cc(C)ccc3C)C2=O)ccc1OCc1ccc(Cl)cc1. The number of aryl methyl sites for hydroxylation is 2. The van der Waals surface area contributed by atoms with E-state index in [-0.39, 0.29) is 11.1 Å². The standard InChI is InChI=1S/C27H24ClNO4S/c1-4-32-24-14-20(9-12-23(24)33-16-19-7-10-21(28)11-8-19)15-25-26(30)29(27(31)34-25)22-13-17(2)5-6-18(22)3/h5-15H,4,16H2,1-3H3/b25-15-. The van der Waals surface area contributed by atoms with Crippen molar-refractivity contribution >= 4 is 46.3 Å². The molecule has 1 fully saturated rings. The van der Waals surface area contributed by atoms with Gasteiger partial charge in [-0.1, -0.05) is 41.9 Å². The van der Waals surface area contributed by atoms with Crippen LogP contribution >= 0.6 is 23.4 Å². The summed E-state index contributed by atoms with van der Waals surface area (Å²) < 4.78 is 11.7. The minimum atomic E-state index is -0.329. The topological polar surface area (TPSA) is 55.8 Å². The van der Waals surface area contributed by atoms with E-state index in [9.17, 15) is 9.59 Å². The highest BCUT2D eigenvalue weighted by molar-refractivity contribution is 8.19. The van der Waals surface area contributed by atoms with Gasteiger partial charge in [0.15, 0.2) is 11.5 Å². The summed E-state index contributed by atoms with van der Waals surface area (Å²) in [5.41, 5.74) is 4.20. The van der Waals surface area contributed by atoms with Gasteiger partial charge in [0.1, 0.15) is 6.61 Å². The number of hydrogen-bond acceptors (Lipinski definition) is 5. The van der Waals surface area contributed by atoms with Gasteiger partial charge in [-0.3, -0.25) is 9.59 Å². The fourth-order valence-corrected chi connectivity index (χ4v) is 4.49. The number of halogens is 1. The van der Waals surface area contributed by atoms with Crippen molar-refractivity contribution in [3.05, 3.63) is 92.8 Å². The minimum Gasteiger partial charge on any atom is -0.490 e. The van der Waals surface area contributed by atoms with Crippen LogP contribution in [0.5, 0.6) is 11.5 Å². The Bertz CT molecular complexity index is 1270. The molecule has 1 aliphatic heterocycles. The first-order valence-corrected chi connectivity index (χ1v) is 12.0. The number of anilines is 1. The van der Waals surface area contributed by atoms with Gasteiger partial charge in [0.2, 0.25) is 0 Å². The number of thioether (sulfide) groups is 1. The second-order valence-corrected chi connectivity index (χ2v) is 9.29. The van der Waals surface area contributed by atoms with E-state index in [1.165, 1.54) is 4.90 Å². The average Bonchev–Trinajstić information content (AvgIpc) is 3.09. The molecule has 5 nitrogen and oxygen atoms in total. The van der Waals surface area contributed by atoms with Crippen molar-refractivity contribution in [2.75, 3.05) is 11.5 Å². The van der Waals surface area contributed by atoms with Crippen LogP contribution in [0.2, 0.25) is 5.02 Å². The number of carbonyl (C=O) groups is 2. The van der Waals surface area contributed by atoms with Crippen LogP contribution in [0.3, 0.4) is 0 Å². The van der Waals surface area contributed by atoms with Crippen molar-refractivity contribution in [2.24, 2.45) is 0 Å². The fraction of sp³-hybridized carbons (Fsp3) is 0.185. The summed E-state index contributed by atoms with van der Waals surface area (Å²) in [6.45, 7) is 6.54. The van der Waals surface area contributed by atoms with Gasteiger partial charge in [-0.05, 0) is 91.2 Å². The summed E-state index contributed by atoms with van der Waals surface area (Å²) in [5.74, 6) is 0.834. The number of nitrogens with zero attached hydrogens (tertiary/aromatic N) is 1. The third-order valence-corrected chi connectivity index (χ3v) is 6.39. The predicted molar refractivity (Wildman–Crippen MR) is 138 cm³/mol. The zero-order valence-corrected chi connectivity index (χ0v) is 20.7. The number of carbonyl (C=O) groups excluding carboxylic acids is 2. The van der Waals surface area contributed by atoms with E-state index in [1.807, 2.05) is 81.4 Å². The van der Waals surface area contributed by atoms with Crippen LogP contribution in [0.4, 0.5) is 10.5 Å². The third-order valence-electron chi connectivity index (χ3n) is 5.27. The summed E-state index contributed by atoms with van der Waals surface area (Å²) >= 11 is 6.88. The Balaban J connectivity index is 1.56. The van der Waals surface area contributed by atoms with Crippen LogP contribution in [-0.4, -0.2) is 17.8 Å². The maximum Gasteiger partial charge on any atom is 0.298 e. The van der Waals surface area contributed by atoms with Gasteiger partial charge in [0.25, 0.3) is 11.1 Å². The quantitative estimate of drug-likeness (QED) is 0.326. The van der Waals surface area contributed by atoms with Crippen LogP contribution < -0.4 is 14.4 Å². The molecule has 174 valence electrons. The van der Waals surface area contributed by atoms with Crippen LogP contribution in [0, 0.1) is 13.8 Å². The molecule has 7 heteroatoms. The van der Waals surface area contributed by atoms with Crippen LogP contribution in [0.15, 0.2) is 65.6 Å². The fourth-order valence-electron chi connectivity index (χ4n) is 3.53. The zero-order valence-electron chi connectivity index (χ0n) is 19.1. The Morgan fingerprint density at radius 2 is 1.71 bits per heavy atom. The Kier molecular flexibility index (Phi) is 7.29. The van der Waals surface area contributed by atoms with Gasteiger partial charge in [-0.2, -0.15) is 0 Å². The van der Waals surface area contributed by atoms with E-state index in [0.29, 0.717) is 40.3 Å². The highest BCUT2D eigenvalue weighted by Gasteiger charge is 2.37. The van der Waals surface area contributed by atoms with Crippen LogP contribution in [-0.2, 0) is 11.4 Å². The molecule has 3 aromatic rings. The molecular formula is C27H24ClNO4S. The normalized spacial score (nSPS) is 14.7. The third kappa shape index (κ3) is 5.29. The molecule has 1 heterocycles. The molecule has 34 heavy (non-hydrogen) atoms. The monoisotopic (exact) mass is 493 g/mol. The maximum absolute atomic E-state index is 13.1.